The largest absolute Gasteiger partial charge is 0.271 e. The molecule has 2 aromatic rings. The molecule has 2 nitrogen and oxygen atoms in total. The average Bonchev–Trinajstić information content (AvgIpc) is 2.91. The first-order valence-corrected chi connectivity index (χ1v) is 8.68. The van der Waals surface area contributed by atoms with E-state index in [1.54, 1.807) is 11.3 Å². The lowest BCUT2D eigenvalue weighted by Crippen LogP contribution is -2.29. The molecule has 0 spiro atoms. The van der Waals surface area contributed by atoms with Crippen LogP contribution in [0.5, 0.6) is 0 Å². The van der Waals surface area contributed by atoms with E-state index in [0.29, 0.717) is 5.92 Å². The zero-order valence-corrected chi connectivity index (χ0v) is 13.7. The molecule has 3 rings (SSSR count). The first-order valence-electron chi connectivity index (χ1n) is 7.07. The number of hydrogen-bond acceptors (Lipinski definition) is 3. The normalized spacial score (nSPS) is 19.6. The number of nitrogens with one attached hydrogen (secondary N) is 1. The molecule has 20 heavy (non-hydrogen) atoms. The van der Waals surface area contributed by atoms with Crippen LogP contribution in [-0.2, 0) is 6.42 Å². The number of hydrogen-bond donors (Lipinski definition) is 2. The van der Waals surface area contributed by atoms with Gasteiger partial charge < -0.3 is 0 Å². The van der Waals surface area contributed by atoms with E-state index in [2.05, 4.69) is 57.8 Å². The summed E-state index contributed by atoms with van der Waals surface area (Å²) in [6.45, 7) is 0. The zero-order chi connectivity index (χ0) is 13.9. The molecule has 2 unspecified atom stereocenters. The highest BCUT2D eigenvalue weighted by atomic mass is 79.9. The Morgan fingerprint density at radius 1 is 1.30 bits per heavy atom. The smallest absolute Gasteiger partial charge is 0.0702 e. The minimum Gasteiger partial charge on any atom is -0.271 e. The minimum atomic E-state index is 0.238. The molecule has 0 fully saturated rings. The van der Waals surface area contributed by atoms with Crippen molar-refractivity contribution in [3.8, 4) is 0 Å². The van der Waals surface area contributed by atoms with Crippen LogP contribution < -0.4 is 11.3 Å². The van der Waals surface area contributed by atoms with E-state index in [1.165, 1.54) is 35.3 Å². The lowest BCUT2D eigenvalue weighted by atomic mass is 9.79. The van der Waals surface area contributed by atoms with Crippen LogP contribution in [-0.4, -0.2) is 0 Å². The van der Waals surface area contributed by atoms with Crippen molar-refractivity contribution in [3.63, 3.8) is 0 Å². The van der Waals surface area contributed by atoms with Crippen LogP contribution in [0.25, 0.3) is 0 Å². The van der Waals surface area contributed by atoms with Crippen molar-refractivity contribution in [2.45, 2.75) is 37.6 Å². The van der Waals surface area contributed by atoms with Crippen molar-refractivity contribution < 1.29 is 0 Å². The monoisotopic (exact) mass is 350 g/mol. The molecule has 106 valence electrons. The number of benzene rings is 1. The summed E-state index contributed by atoms with van der Waals surface area (Å²) < 4.78 is 1.16. The molecule has 1 aromatic heterocycles. The van der Waals surface area contributed by atoms with Crippen LogP contribution in [0.15, 0.2) is 40.2 Å². The molecule has 0 saturated carbocycles. The molecule has 1 heterocycles. The van der Waals surface area contributed by atoms with Crippen LogP contribution in [0.3, 0.4) is 0 Å². The Kier molecular flexibility index (Phi) is 4.56. The number of hydrazine groups is 1. The van der Waals surface area contributed by atoms with Crippen LogP contribution in [0.1, 0.15) is 47.2 Å². The summed E-state index contributed by atoms with van der Waals surface area (Å²) in [7, 11) is 0. The van der Waals surface area contributed by atoms with Crippen molar-refractivity contribution in [1.29, 1.82) is 0 Å². The van der Waals surface area contributed by atoms with Gasteiger partial charge in [0.1, 0.15) is 0 Å². The molecule has 4 heteroatoms. The maximum absolute atomic E-state index is 5.79. The van der Waals surface area contributed by atoms with Crippen LogP contribution >= 0.6 is 27.3 Å². The summed E-state index contributed by atoms with van der Waals surface area (Å²) in [5.41, 5.74) is 6.04. The molecule has 3 N–H and O–H groups in total. The fraction of sp³-hybridized carbons (Fsp3) is 0.375. The van der Waals surface area contributed by atoms with Gasteiger partial charge in [-0.15, -0.1) is 11.3 Å². The fourth-order valence-corrected chi connectivity index (χ4v) is 4.66. The summed E-state index contributed by atoms with van der Waals surface area (Å²) >= 11 is 5.30. The Bertz CT molecular complexity index is 581. The van der Waals surface area contributed by atoms with E-state index in [1.807, 2.05) is 0 Å². The fourth-order valence-electron chi connectivity index (χ4n) is 3.17. The first-order chi connectivity index (χ1) is 9.78. The molecule has 0 amide bonds. The van der Waals surface area contributed by atoms with E-state index in [-0.39, 0.29) is 6.04 Å². The van der Waals surface area contributed by atoms with Crippen molar-refractivity contribution >= 4 is 27.3 Å². The van der Waals surface area contributed by atoms with Crippen molar-refractivity contribution in [2.75, 3.05) is 0 Å². The van der Waals surface area contributed by atoms with Crippen LogP contribution in [0.2, 0.25) is 0 Å². The molecular weight excluding hydrogens is 332 g/mol. The van der Waals surface area contributed by atoms with Gasteiger partial charge in [0.05, 0.1) is 9.83 Å². The third-order valence-electron chi connectivity index (χ3n) is 4.15. The topological polar surface area (TPSA) is 38.0 Å². The number of nitrogens with two attached hydrogens (primary N) is 1. The molecule has 1 aromatic carbocycles. The van der Waals surface area contributed by atoms with Gasteiger partial charge >= 0.3 is 0 Å². The van der Waals surface area contributed by atoms with Crippen molar-refractivity contribution in [3.05, 3.63) is 56.2 Å². The zero-order valence-electron chi connectivity index (χ0n) is 11.3. The highest BCUT2D eigenvalue weighted by Gasteiger charge is 2.24. The van der Waals surface area contributed by atoms with E-state index in [9.17, 15) is 0 Å². The van der Waals surface area contributed by atoms with Crippen molar-refractivity contribution in [1.82, 2.24) is 5.43 Å². The van der Waals surface area contributed by atoms with Crippen LogP contribution in [0, 0.1) is 0 Å². The second-order valence-corrected chi connectivity index (χ2v) is 7.88. The van der Waals surface area contributed by atoms with Gasteiger partial charge in [-0.25, -0.2) is 0 Å². The summed E-state index contributed by atoms with van der Waals surface area (Å²) in [5.74, 6) is 6.41. The quantitative estimate of drug-likeness (QED) is 0.628. The van der Waals surface area contributed by atoms with Gasteiger partial charge in [0.25, 0.3) is 0 Å². The van der Waals surface area contributed by atoms with E-state index < -0.39 is 0 Å². The van der Waals surface area contributed by atoms with Gasteiger partial charge in [0.15, 0.2) is 0 Å². The number of aryl methyl sites for hydroxylation is 1. The first kappa shape index (κ1) is 14.3. The Morgan fingerprint density at radius 3 is 2.90 bits per heavy atom. The summed E-state index contributed by atoms with van der Waals surface area (Å²) in [6, 6.07) is 13.4. The van der Waals surface area contributed by atoms with E-state index in [0.717, 1.165) is 10.2 Å². The molecule has 1 aliphatic carbocycles. The SMILES string of the molecule is NNC(CC1CCCc2ccccc21)c1ccc(Br)s1. The summed E-state index contributed by atoms with van der Waals surface area (Å²) in [4.78, 5) is 1.31. The lowest BCUT2D eigenvalue weighted by molar-refractivity contribution is 0.430. The molecular formula is C16H19BrN2S. The van der Waals surface area contributed by atoms with Gasteiger partial charge in [-0.1, -0.05) is 24.3 Å². The number of halogens is 1. The standard InChI is InChI=1S/C16H19BrN2S/c17-16-9-8-15(20-16)14(19-18)10-12-6-3-5-11-4-1-2-7-13(11)12/h1-2,4,7-9,12,14,19H,3,5-6,10,18H2. The molecule has 2 atom stereocenters. The number of rotatable bonds is 4. The second-order valence-electron chi connectivity index (χ2n) is 5.38. The predicted octanol–water partition coefficient (Wildman–Crippen LogP) is 4.53. The van der Waals surface area contributed by atoms with E-state index in [4.69, 9.17) is 5.84 Å². The molecule has 0 saturated heterocycles. The second kappa shape index (κ2) is 6.39. The van der Waals surface area contributed by atoms with Crippen molar-refractivity contribution in [2.24, 2.45) is 5.84 Å². The summed E-state index contributed by atoms with van der Waals surface area (Å²) in [6.07, 6.45) is 4.84. The van der Waals surface area contributed by atoms with Gasteiger partial charge in [-0.05, 0) is 70.8 Å². The predicted molar refractivity (Wildman–Crippen MR) is 88.8 cm³/mol. The Morgan fingerprint density at radius 2 is 2.15 bits per heavy atom. The Balaban J connectivity index is 1.80. The summed E-state index contributed by atoms with van der Waals surface area (Å²) in [5, 5.41) is 0. The Labute approximate surface area is 132 Å². The van der Waals surface area contributed by atoms with Gasteiger partial charge in [0.2, 0.25) is 0 Å². The molecule has 1 aliphatic rings. The maximum Gasteiger partial charge on any atom is 0.0702 e. The third kappa shape index (κ3) is 2.98. The van der Waals surface area contributed by atoms with Gasteiger partial charge in [0, 0.05) is 4.88 Å². The van der Waals surface area contributed by atoms with E-state index >= 15 is 0 Å². The molecule has 0 aliphatic heterocycles. The number of fused-ring (bicyclic) bond motifs is 1. The lowest BCUT2D eigenvalue weighted by Gasteiger charge is -2.28. The highest BCUT2D eigenvalue weighted by molar-refractivity contribution is 9.11. The molecule has 0 bridgehead atoms. The minimum absolute atomic E-state index is 0.238. The van der Waals surface area contributed by atoms with Gasteiger partial charge in [-0.2, -0.15) is 0 Å². The maximum atomic E-state index is 5.79. The number of thiophene rings is 1. The average molecular weight is 351 g/mol. The third-order valence-corrected chi connectivity index (χ3v) is 5.89. The van der Waals surface area contributed by atoms with Crippen LogP contribution in [0.4, 0.5) is 0 Å². The molecule has 0 radical (unpaired) electrons. The van der Waals surface area contributed by atoms with Gasteiger partial charge in [-0.3, -0.25) is 11.3 Å². The highest BCUT2D eigenvalue weighted by Crippen LogP contribution is 2.39. The Hall–Kier alpha value is -0.680.